The monoisotopic (exact) mass is 941 g/mol. The number of methoxy groups -OCH3 is 1. The number of nitrogens with zero attached hydrogens (tertiary/aromatic N) is 5. The number of amides is 4. The van der Waals surface area contributed by atoms with Crippen molar-refractivity contribution >= 4 is 46.5 Å². The van der Waals surface area contributed by atoms with Gasteiger partial charge in [-0.25, -0.2) is 19.2 Å². The number of aliphatic hydroxyl groups is 1. The van der Waals surface area contributed by atoms with Crippen LogP contribution in [0, 0.1) is 23.7 Å². The van der Waals surface area contributed by atoms with Gasteiger partial charge in [0.2, 0.25) is 11.8 Å². The Morgan fingerprint density at radius 2 is 1.61 bits per heavy atom. The number of nitrogens with one attached hydrogen (secondary N) is 2. The summed E-state index contributed by atoms with van der Waals surface area (Å²) in [7, 11) is 1.20. The molecule has 0 bridgehead atoms. The molecule has 3 aliphatic rings. The molecular weight excluding hydrogens is 891 g/mol. The molecule has 16 nitrogen and oxygen atoms in total. The zero-order valence-electron chi connectivity index (χ0n) is 38.7. The summed E-state index contributed by atoms with van der Waals surface area (Å²) in [5.74, 6) is 1.50. The molecule has 7 unspecified atom stereocenters. The molecule has 0 saturated carbocycles. The molecule has 7 atom stereocenters. The Balaban J connectivity index is 1.34. The van der Waals surface area contributed by atoms with Gasteiger partial charge >= 0.3 is 18.0 Å². The summed E-state index contributed by atoms with van der Waals surface area (Å²) in [5.41, 5.74) is 1.76. The number of anilines is 1. The summed E-state index contributed by atoms with van der Waals surface area (Å²) >= 11 is 0. The molecule has 0 aliphatic carbocycles. The first-order chi connectivity index (χ1) is 34.0. The van der Waals surface area contributed by atoms with Crippen LogP contribution < -0.4 is 20.3 Å². The van der Waals surface area contributed by atoms with E-state index in [1.165, 1.54) is 13.2 Å². The summed E-state index contributed by atoms with van der Waals surface area (Å²) < 4.78 is 19.6. The van der Waals surface area contributed by atoms with Crippen molar-refractivity contribution in [3.63, 3.8) is 0 Å². The van der Waals surface area contributed by atoms with E-state index in [9.17, 15) is 9.90 Å². The summed E-state index contributed by atoms with van der Waals surface area (Å²) in [6.07, 6.45) is 0.513. The van der Waals surface area contributed by atoms with Crippen LogP contribution in [-0.4, -0.2) is 93.7 Å². The van der Waals surface area contributed by atoms with E-state index >= 15 is 19.2 Å². The third kappa shape index (κ3) is 8.12. The summed E-state index contributed by atoms with van der Waals surface area (Å²) in [6.45, 7) is 6.90. The first-order valence-electron chi connectivity index (χ1n) is 23.0. The van der Waals surface area contributed by atoms with E-state index in [0.29, 0.717) is 27.8 Å². The minimum atomic E-state index is -2.16. The Morgan fingerprint density at radius 3 is 2.33 bits per heavy atom. The van der Waals surface area contributed by atoms with Gasteiger partial charge in [0.1, 0.15) is 48.0 Å². The van der Waals surface area contributed by atoms with E-state index in [2.05, 4.69) is 39.4 Å². The number of ether oxygens (including phenoxy) is 3. The third-order valence-corrected chi connectivity index (χ3v) is 13.2. The summed E-state index contributed by atoms with van der Waals surface area (Å²) in [6, 6.07) is 32.2. The number of urea groups is 1. The van der Waals surface area contributed by atoms with Crippen LogP contribution in [0.2, 0.25) is 0 Å². The van der Waals surface area contributed by atoms with E-state index in [1.807, 2.05) is 89.8 Å². The second kappa shape index (κ2) is 19.8. The zero-order valence-corrected chi connectivity index (χ0v) is 38.7. The topological polar surface area (TPSA) is 195 Å². The number of morpholine rings is 1. The van der Waals surface area contributed by atoms with Crippen LogP contribution in [-0.2, 0) is 40.6 Å². The smallest absolute Gasteiger partial charge is 0.329 e. The van der Waals surface area contributed by atoms with Gasteiger partial charge in [0.05, 0.1) is 42.9 Å². The second-order valence-electron chi connectivity index (χ2n) is 17.5. The minimum Gasteiger partial charge on any atom is -0.491 e. The molecule has 4 heterocycles. The standard InChI is InChI=1S/C54H51N7O9/c1-5-28-55-49(63)43-46-51(65)70-47(36-20-10-7-11-21-36)45(35-18-8-6-9-19-35)61(46)48(37-22-12-15-25-42(37)69-31-30-62)54(43)38-32-34(17-16-29-59-41-24-14-13-23-39(41)57-58-59)26-27-40(38)60(52(54)66)53(67)56-44(33(2)3)50(64)68-4/h5-15,18-27,32-33,43-48,62H,1,28-31H2,2-4H3,(H,55,63)(H,56,67). The number of para-hydroxylation sites is 2. The largest absolute Gasteiger partial charge is 0.491 e. The lowest BCUT2D eigenvalue weighted by Gasteiger charge is -2.46. The van der Waals surface area contributed by atoms with Crippen molar-refractivity contribution in [3.8, 4) is 17.6 Å². The molecule has 4 amide bonds. The number of hydrogen-bond donors (Lipinski definition) is 3. The maximum atomic E-state index is 16.6. The number of esters is 2. The predicted octanol–water partition coefficient (Wildman–Crippen LogP) is 5.73. The van der Waals surface area contributed by atoms with E-state index < -0.39 is 77.3 Å². The first-order valence-corrected chi connectivity index (χ1v) is 23.0. The van der Waals surface area contributed by atoms with Crippen LogP contribution in [0.4, 0.5) is 10.5 Å². The molecular formula is C54H51N7O9. The number of hydrogen-bond acceptors (Lipinski definition) is 12. The van der Waals surface area contributed by atoms with Crippen LogP contribution in [0.15, 0.2) is 140 Å². The number of benzene rings is 5. The van der Waals surface area contributed by atoms with Crippen LogP contribution in [0.25, 0.3) is 11.0 Å². The second-order valence-corrected chi connectivity index (χ2v) is 17.5. The molecule has 6 aromatic rings. The average Bonchev–Trinajstić information content (AvgIpc) is 4.02. The van der Waals surface area contributed by atoms with Crippen molar-refractivity contribution in [1.29, 1.82) is 0 Å². The molecule has 3 N–H and O–H groups in total. The van der Waals surface area contributed by atoms with Crippen molar-refractivity contribution in [2.24, 2.45) is 11.8 Å². The van der Waals surface area contributed by atoms with E-state index in [4.69, 9.17) is 14.2 Å². The highest BCUT2D eigenvalue weighted by Gasteiger charge is 2.76. The van der Waals surface area contributed by atoms with Crippen LogP contribution in [0.3, 0.4) is 0 Å². The fourth-order valence-electron chi connectivity index (χ4n) is 10.3. The van der Waals surface area contributed by atoms with Crippen LogP contribution in [0.5, 0.6) is 5.75 Å². The van der Waals surface area contributed by atoms with Gasteiger partial charge < -0.3 is 30.0 Å². The van der Waals surface area contributed by atoms with Gasteiger partial charge in [-0.15, -0.1) is 11.7 Å². The highest BCUT2D eigenvalue weighted by Crippen LogP contribution is 2.66. The molecule has 356 valence electrons. The van der Waals surface area contributed by atoms with E-state index in [1.54, 1.807) is 61.0 Å². The van der Waals surface area contributed by atoms with Crippen LogP contribution >= 0.6 is 0 Å². The van der Waals surface area contributed by atoms with Gasteiger partial charge in [-0.3, -0.25) is 19.3 Å². The minimum absolute atomic E-state index is 0.0360. The Labute approximate surface area is 404 Å². The van der Waals surface area contributed by atoms with Crippen LogP contribution in [0.1, 0.15) is 59.9 Å². The lowest BCUT2D eigenvalue weighted by atomic mass is 9.65. The fraction of sp³-hybridized carbons (Fsp3) is 0.278. The number of carbonyl (C=O) groups excluding carboxylic acids is 5. The van der Waals surface area contributed by atoms with Gasteiger partial charge in [-0.2, -0.15) is 0 Å². The molecule has 0 radical (unpaired) electrons. The molecule has 9 rings (SSSR count). The van der Waals surface area contributed by atoms with Crippen molar-refractivity contribution in [2.45, 2.75) is 56.1 Å². The number of aliphatic hydroxyl groups excluding tert-OH is 1. The van der Waals surface area contributed by atoms with Crippen molar-refractivity contribution in [3.05, 3.63) is 168 Å². The normalized spacial score (nSPS) is 21.8. The van der Waals surface area contributed by atoms with Gasteiger partial charge in [0.15, 0.2) is 0 Å². The molecule has 2 fully saturated rings. The Kier molecular flexibility index (Phi) is 13.3. The zero-order chi connectivity index (χ0) is 49.1. The highest BCUT2D eigenvalue weighted by molar-refractivity contribution is 6.25. The fourth-order valence-corrected chi connectivity index (χ4v) is 10.3. The SMILES string of the molecule is C=CCNC(=O)C1C2C(=O)OC(c3ccccc3)C(c3ccccc3)N2C(c2ccccc2OCCO)C12C(=O)N(C(=O)NC(C(=O)OC)C(C)C)c1ccc(C#CCn3nnc4ccccc43)cc12. The Hall–Kier alpha value is -8.13. The number of rotatable bonds is 13. The molecule has 16 heteroatoms. The maximum absolute atomic E-state index is 16.6. The van der Waals surface area contributed by atoms with Crippen molar-refractivity contribution < 1.29 is 43.3 Å². The van der Waals surface area contributed by atoms with Crippen molar-refractivity contribution in [1.82, 2.24) is 30.5 Å². The first kappa shape index (κ1) is 47.0. The lowest BCUT2D eigenvalue weighted by molar-refractivity contribution is -0.178. The average molecular weight is 942 g/mol. The van der Waals surface area contributed by atoms with Gasteiger partial charge in [-0.05, 0) is 59.0 Å². The number of imide groups is 1. The van der Waals surface area contributed by atoms with Gasteiger partial charge in [0.25, 0.3) is 0 Å². The predicted molar refractivity (Wildman–Crippen MR) is 258 cm³/mol. The van der Waals surface area contributed by atoms with Crippen molar-refractivity contribution in [2.75, 3.05) is 31.8 Å². The Morgan fingerprint density at radius 1 is 0.914 bits per heavy atom. The highest BCUT2D eigenvalue weighted by atomic mass is 16.6. The number of cyclic esters (lactones) is 1. The molecule has 1 spiro atoms. The summed E-state index contributed by atoms with van der Waals surface area (Å²) in [4.78, 5) is 78.5. The summed E-state index contributed by atoms with van der Waals surface area (Å²) in [5, 5.41) is 24.3. The molecule has 1 aromatic heterocycles. The third-order valence-electron chi connectivity index (χ3n) is 13.2. The molecule has 70 heavy (non-hydrogen) atoms. The molecule has 3 aliphatic heterocycles. The molecule has 5 aromatic carbocycles. The number of aromatic nitrogens is 3. The van der Waals surface area contributed by atoms with E-state index in [0.717, 1.165) is 10.4 Å². The van der Waals surface area contributed by atoms with E-state index in [-0.39, 0.29) is 43.3 Å². The van der Waals surface area contributed by atoms with Gasteiger partial charge in [0, 0.05) is 17.7 Å². The Bertz CT molecular complexity index is 3040. The molecule has 2 saturated heterocycles. The quantitative estimate of drug-likeness (QED) is 0.0725. The number of fused-ring (bicyclic) bond motifs is 4. The number of carbonyl (C=O) groups is 5. The van der Waals surface area contributed by atoms with Gasteiger partial charge in [-0.1, -0.05) is 128 Å². The maximum Gasteiger partial charge on any atom is 0.329 e. The lowest BCUT2D eigenvalue weighted by Crippen LogP contribution is -2.57.